The van der Waals surface area contributed by atoms with E-state index < -0.39 is 108 Å². The van der Waals surface area contributed by atoms with Crippen molar-refractivity contribution in [3.63, 3.8) is 0 Å². The van der Waals surface area contributed by atoms with E-state index in [0.717, 1.165) is 12.0 Å². The first-order valence-corrected chi connectivity index (χ1v) is 27.8. The third kappa shape index (κ3) is 14.6. The number of aliphatic hydroxyl groups is 3. The summed E-state index contributed by atoms with van der Waals surface area (Å²) in [6.45, 7) is 6.06. The van der Waals surface area contributed by atoms with E-state index in [1.807, 2.05) is 6.92 Å². The van der Waals surface area contributed by atoms with Crippen molar-refractivity contribution in [3.05, 3.63) is 52.1 Å². The SMILES string of the molecule is C/C1=C\C=C\[C@@H](CO)[C@@]2(O)C[C@H](OC(=O)N2)[C@@H](C)[C@@H]2O[C@@]2(C)[C@@H](OC(=O)[C@H](C)N(C)C(=O)CCSC2CC(=O)N(CC3CCC(C(=O)CCCCC[C@H](N)C(=O)O)CC3)C2=O)CC(=O)N(C)c2cc(cc(CO)c2Cl)C1. The highest BCUT2D eigenvalue weighted by molar-refractivity contribution is 8.00. The lowest BCUT2D eigenvalue weighted by atomic mass is 9.79. The summed E-state index contributed by atoms with van der Waals surface area (Å²) in [5, 5.41) is 43.4. The molecule has 3 saturated heterocycles. The van der Waals surface area contributed by atoms with Gasteiger partial charge in [0.05, 0.1) is 41.7 Å². The largest absolute Gasteiger partial charge is 0.480 e. The fraction of sp³-hybridized carbons (Fsp3) is 0.667. The van der Waals surface area contributed by atoms with Gasteiger partial charge in [0.2, 0.25) is 23.6 Å². The number of likely N-dealkylation sites (N-methyl/N-ethyl adjacent to an activating group) is 1. The average Bonchev–Trinajstić information content (AvgIpc) is 4.02. The number of aliphatic carboxylic acids is 1. The van der Waals surface area contributed by atoms with Crippen LogP contribution in [0.1, 0.15) is 122 Å². The first-order valence-electron chi connectivity index (χ1n) is 26.4. The molecular formula is C54H76ClN5O15S. The number of aliphatic hydroxyl groups excluding tert-OH is 2. The highest BCUT2D eigenvalue weighted by Crippen LogP contribution is 2.49. The van der Waals surface area contributed by atoms with Crippen molar-refractivity contribution < 1.29 is 73.0 Å². The fourth-order valence-electron chi connectivity index (χ4n) is 10.8. The highest BCUT2D eigenvalue weighted by Gasteiger charge is 2.64. The molecule has 0 radical (unpaired) electrons. The van der Waals surface area contributed by atoms with Crippen molar-refractivity contribution in [2.24, 2.45) is 29.4 Å². The van der Waals surface area contributed by atoms with Gasteiger partial charge in [0.15, 0.2) is 5.72 Å². The van der Waals surface area contributed by atoms with Crippen molar-refractivity contribution in [2.75, 3.05) is 37.9 Å². The number of unbranched alkanes of at least 4 members (excludes halogenated alkanes) is 2. The number of nitrogens with one attached hydrogen (secondary N) is 1. The minimum absolute atomic E-state index is 0.00405. The molecule has 4 bridgehead atoms. The van der Waals surface area contributed by atoms with Gasteiger partial charge in [-0.15, -0.1) is 11.8 Å². The Kier molecular flexibility index (Phi) is 20.8. The van der Waals surface area contributed by atoms with E-state index in [1.165, 1.54) is 47.5 Å². The molecule has 0 spiro atoms. The monoisotopic (exact) mass is 1100 g/mol. The topological polar surface area (TPSA) is 296 Å². The van der Waals surface area contributed by atoms with Crippen LogP contribution in [0.25, 0.3) is 0 Å². The molecule has 76 heavy (non-hydrogen) atoms. The van der Waals surface area contributed by atoms with Gasteiger partial charge >= 0.3 is 18.0 Å². The number of allylic oxidation sites excluding steroid dienone is 3. The number of hydrogen-bond acceptors (Lipinski definition) is 16. The number of halogens is 1. The second-order valence-corrected chi connectivity index (χ2v) is 23.2. The molecule has 1 saturated carbocycles. The molecule has 4 heterocycles. The van der Waals surface area contributed by atoms with E-state index in [0.29, 0.717) is 74.6 Å². The third-order valence-corrected chi connectivity index (χ3v) is 17.7. The van der Waals surface area contributed by atoms with Crippen molar-refractivity contribution in [1.29, 1.82) is 0 Å². The van der Waals surface area contributed by atoms with Crippen LogP contribution in [0.2, 0.25) is 5.02 Å². The molecular weight excluding hydrogens is 1030 g/mol. The zero-order valence-corrected chi connectivity index (χ0v) is 45.9. The fourth-order valence-corrected chi connectivity index (χ4v) is 12.2. The molecule has 10 atom stereocenters. The second-order valence-electron chi connectivity index (χ2n) is 21.5. The summed E-state index contributed by atoms with van der Waals surface area (Å²) in [4.78, 5) is 109. The summed E-state index contributed by atoms with van der Waals surface area (Å²) >= 11 is 7.97. The lowest BCUT2D eigenvalue weighted by molar-refractivity contribution is -0.162. The number of carbonyl (C=O) groups is 8. The number of carboxylic acids is 1. The molecule has 1 unspecified atom stereocenters. The number of carbonyl (C=O) groups excluding carboxylic acids is 7. The Bertz CT molecular complexity index is 2420. The first kappa shape index (κ1) is 60.3. The van der Waals surface area contributed by atoms with E-state index in [2.05, 4.69) is 5.32 Å². The number of thioether (sulfide) groups is 1. The van der Waals surface area contributed by atoms with Crippen LogP contribution in [0.4, 0.5) is 10.5 Å². The normalized spacial score (nSPS) is 31.0. The van der Waals surface area contributed by atoms with Crippen LogP contribution >= 0.6 is 23.4 Å². The Morgan fingerprint density at radius 1 is 1.04 bits per heavy atom. The number of nitrogens with zero attached hydrogens (tertiary/aromatic N) is 3. The molecule has 6 rings (SSSR count). The van der Waals surface area contributed by atoms with Crippen LogP contribution in [-0.4, -0.2) is 158 Å². The zero-order chi connectivity index (χ0) is 55.8. The number of ketones is 1. The third-order valence-electron chi connectivity index (χ3n) is 16.1. The smallest absolute Gasteiger partial charge is 0.409 e. The van der Waals surface area contributed by atoms with Crippen LogP contribution < -0.4 is 16.0 Å². The molecule has 4 fully saturated rings. The number of benzene rings is 1. The minimum Gasteiger partial charge on any atom is -0.480 e. The molecule has 5 aliphatic rings. The molecule has 7 N–H and O–H groups in total. The lowest BCUT2D eigenvalue weighted by Crippen LogP contribution is -2.62. The van der Waals surface area contributed by atoms with Crippen molar-refractivity contribution in [2.45, 2.75) is 171 Å². The van der Waals surface area contributed by atoms with Crippen LogP contribution in [0, 0.1) is 23.7 Å². The molecule has 420 valence electrons. The summed E-state index contributed by atoms with van der Waals surface area (Å²) in [5.74, 6) is -4.67. The summed E-state index contributed by atoms with van der Waals surface area (Å²) in [6, 6.07) is 1.39. The number of hydrogen-bond donors (Lipinski definition) is 6. The van der Waals surface area contributed by atoms with Gasteiger partial charge in [-0.05, 0) is 88.8 Å². The van der Waals surface area contributed by atoms with Gasteiger partial charge in [-0.3, -0.25) is 39.0 Å². The number of fused-ring (bicyclic) bond motifs is 5. The number of carboxylic acid groups (broad SMARTS) is 1. The predicted molar refractivity (Wildman–Crippen MR) is 281 cm³/mol. The van der Waals surface area contributed by atoms with Gasteiger partial charge < -0.3 is 50.2 Å². The number of ether oxygens (including phenoxy) is 3. The van der Waals surface area contributed by atoms with Crippen molar-refractivity contribution >= 4 is 76.5 Å². The predicted octanol–water partition coefficient (Wildman–Crippen LogP) is 4.58. The Morgan fingerprint density at radius 3 is 2.42 bits per heavy atom. The molecule has 1 aromatic rings. The van der Waals surface area contributed by atoms with Gasteiger partial charge in [0.25, 0.3) is 0 Å². The summed E-state index contributed by atoms with van der Waals surface area (Å²) in [6.07, 6.45) is 6.45. The molecule has 22 heteroatoms. The van der Waals surface area contributed by atoms with Gasteiger partial charge in [0, 0.05) is 69.8 Å². The number of alkyl carbamates (subject to hydrolysis) is 1. The van der Waals surface area contributed by atoms with Gasteiger partial charge in [-0.1, -0.05) is 61.2 Å². The highest BCUT2D eigenvalue weighted by atomic mass is 35.5. The van der Waals surface area contributed by atoms with E-state index in [9.17, 15) is 53.7 Å². The Morgan fingerprint density at radius 2 is 1.75 bits per heavy atom. The number of imide groups is 1. The molecule has 1 aliphatic carbocycles. The molecule has 1 aromatic carbocycles. The number of amides is 5. The number of nitrogens with two attached hydrogens (primary N) is 1. The number of Topliss-reactive ketones (excluding diaryl/α,β-unsaturated/α-hetero) is 1. The standard InChI is InChI=1S/C54H76ClN5O15S/c1-30-11-10-12-37(29-62)54(72)26-41(73-52(71)57-54)31(2)48-53(4,75-48)43(25-45(65)59(6)39-23-34(21-30)22-36(28-61)47(39)55)74-51(70)32(3)58(5)44(64)19-20-76-42-24-46(66)60(49(42)67)27-33-15-17-35(18-16-33)40(63)14-9-7-8-13-38(56)50(68)69/h10-12,22-23,31-33,35,37-38,41-43,48,61-62,72H,7-9,13-21,24-29,56H2,1-6H3,(H,57,71)(H,68,69)/b12-10+,30-11+/t31-,32+,33?,35?,37+,38+,41+,42?,43+,48+,53+,54+/m1/s1. The quantitative estimate of drug-likeness (QED) is 0.0478. The maximum Gasteiger partial charge on any atom is 0.409 e. The summed E-state index contributed by atoms with van der Waals surface area (Å²) in [7, 11) is 2.95. The number of rotatable bonds is 19. The van der Waals surface area contributed by atoms with Crippen molar-refractivity contribution in [3.8, 4) is 0 Å². The lowest BCUT2D eigenvalue weighted by Gasteiger charge is -2.42. The maximum atomic E-state index is 14.4. The molecule has 5 amide bonds. The Hall–Kier alpha value is -4.90. The number of esters is 1. The number of likely N-dealkylation sites (tertiary alicyclic amines) is 1. The van der Waals surface area contributed by atoms with Gasteiger partial charge in [-0.25, -0.2) is 9.59 Å². The van der Waals surface area contributed by atoms with Crippen LogP contribution in [0.15, 0.2) is 35.9 Å². The number of epoxide rings is 1. The summed E-state index contributed by atoms with van der Waals surface area (Å²) < 4.78 is 18.1. The van der Waals surface area contributed by atoms with Gasteiger partial charge in [-0.2, -0.15) is 0 Å². The Labute approximate surface area is 453 Å². The van der Waals surface area contributed by atoms with E-state index in [1.54, 1.807) is 44.2 Å². The second kappa shape index (κ2) is 26.2. The minimum atomic E-state index is -1.92. The molecule has 0 aromatic heterocycles. The van der Waals surface area contributed by atoms with Gasteiger partial charge in [0.1, 0.15) is 35.7 Å². The van der Waals surface area contributed by atoms with Crippen LogP contribution in [-0.2, 0) is 60.8 Å². The van der Waals surface area contributed by atoms with E-state index >= 15 is 0 Å². The van der Waals surface area contributed by atoms with Crippen LogP contribution in [0.5, 0.6) is 0 Å². The molecule has 4 aliphatic heterocycles. The molecule has 20 nitrogen and oxygen atoms in total. The average molecular weight is 1100 g/mol. The zero-order valence-electron chi connectivity index (χ0n) is 44.4. The maximum absolute atomic E-state index is 14.4. The Balaban J connectivity index is 1.07. The summed E-state index contributed by atoms with van der Waals surface area (Å²) in [5.41, 5.74) is 4.52. The van der Waals surface area contributed by atoms with E-state index in [-0.39, 0.29) is 66.0 Å². The van der Waals surface area contributed by atoms with Crippen LogP contribution in [0.3, 0.4) is 0 Å². The first-order chi connectivity index (χ1) is 35.9. The number of anilines is 1. The van der Waals surface area contributed by atoms with Crippen molar-refractivity contribution in [1.82, 2.24) is 15.1 Å². The van der Waals surface area contributed by atoms with E-state index in [4.69, 9.17) is 36.7 Å².